The van der Waals surface area contributed by atoms with Crippen LogP contribution in [0.15, 0.2) is 28.7 Å². The first-order valence-electron chi connectivity index (χ1n) is 8.37. The summed E-state index contributed by atoms with van der Waals surface area (Å²) in [5.41, 5.74) is 3.28. The highest BCUT2D eigenvalue weighted by Crippen LogP contribution is 2.22. The maximum atomic E-state index is 5.84. The first kappa shape index (κ1) is 16.8. The number of rotatable bonds is 8. The maximum absolute atomic E-state index is 5.84. The second-order valence-corrected chi connectivity index (χ2v) is 6.17. The zero-order valence-corrected chi connectivity index (χ0v) is 14.3. The van der Waals surface area contributed by atoms with E-state index in [1.54, 1.807) is 0 Å². The van der Waals surface area contributed by atoms with Crippen molar-refractivity contribution < 1.29 is 4.42 Å². The molecule has 0 aliphatic heterocycles. The van der Waals surface area contributed by atoms with E-state index in [9.17, 15) is 0 Å². The van der Waals surface area contributed by atoms with Crippen LogP contribution in [0.2, 0.25) is 0 Å². The third-order valence-corrected chi connectivity index (χ3v) is 4.02. The molecule has 0 bridgehead atoms. The molecule has 1 aromatic carbocycles. The van der Waals surface area contributed by atoms with E-state index in [4.69, 9.17) is 4.42 Å². The average molecular weight is 300 g/mol. The van der Waals surface area contributed by atoms with Gasteiger partial charge >= 0.3 is 0 Å². The number of aryl methyl sites for hydroxylation is 2. The highest BCUT2D eigenvalue weighted by molar-refractivity contribution is 5.54. The van der Waals surface area contributed by atoms with Gasteiger partial charge in [-0.3, -0.25) is 0 Å². The van der Waals surface area contributed by atoms with Gasteiger partial charge in [-0.2, -0.15) is 0 Å². The van der Waals surface area contributed by atoms with E-state index in [0.717, 1.165) is 29.5 Å². The smallest absolute Gasteiger partial charge is 0.226 e. The van der Waals surface area contributed by atoms with Gasteiger partial charge in [0.15, 0.2) is 0 Å². The third kappa shape index (κ3) is 4.70. The molecule has 0 fully saturated rings. The van der Waals surface area contributed by atoms with Crippen molar-refractivity contribution in [2.24, 2.45) is 0 Å². The van der Waals surface area contributed by atoms with Gasteiger partial charge in [0.05, 0.1) is 5.69 Å². The Hall–Kier alpha value is -1.61. The lowest BCUT2D eigenvalue weighted by Crippen LogP contribution is -2.25. The predicted molar refractivity (Wildman–Crippen MR) is 91.9 cm³/mol. The molecule has 2 rings (SSSR count). The molecule has 1 heterocycles. The van der Waals surface area contributed by atoms with Crippen molar-refractivity contribution in [1.29, 1.82) is 0 Å². The summed E-state index contributed by atoms with van der Waals surface area (Å²) >= 11 is 0. The van der Waals surface area contributed by atoms with Crippen LogP contribution in [0.25, 0.3) is 11.5 Å². The van der Waals surface area contributed by atoms with E-state index >= 15 is 0 Å². The van der Waals surface area contributed by atoms with Crippen LogP contribution in [0.4, 0.5) is 0 Å². The van der Waals surface area contributed by atoms with Crippen molar-refractivity contribution in [2.45, 2.75) is 66.0 Å². The fraction of sp³-hybridized carbons (Fsp3) is 0.526. The van der Waals surface area contributed by atoms with Gasteiger partial charge in [0.1, 0.15) is 5.76 Å². The lowest BCUT2D eigenvalue weighted by Gasteiger charge is -2.12. The number of nitrogens with one attached hydrogen (secondary N) is 1. The largest absolute Gasteiger partial charge is 0.441 e. The Labute approximate surface area is 134 Å². The second kappa shape index (κ2) is 8.14. The van der Waals surface area contributed by atoms with E-state index in [-0.39, 0.29) is 0 Å². The quantitative estimate of drug-likeness (QED) is 0.696. The highest BCUT2D eigenvalue weighted by atomic mass is 16.4. The summed E-state index contributed by atoms with van der Waals surface area (Å²) in [5, 5.41) is 3.55. The molecule has 0 saturated heterocycles. The maximum Gasteiger partial charge on any atom is 0.226 e. The minimum absolute atomic E-state index is 0.519. The number of hydrogen-bond acceptors (Lipinski definition) is 3. The van der Waals surface area contributed by atoms with E-state index < -0.39 is 0 Å². The van der Waals surface area contributed by atoms with E-state index in [0.29, 0.717) is 6.04 Å². The molecule has 1 N–H and O–H groups in total. The first-order valence-corrected chi connectivity index (χ1v) is 8.37. The minimum atomic E-state index is 0.519. The third-order valence-electron chi connectivity index (χ3n) is 4.02. The molecule has 1 unspecified atom stereocenters. The summed E-state index contributed by atoms with van der Waals surface area (Å²) in [4.78, 5) is 4.66. The molecular weight excluding hydrogens is 272 g/mol. The van der Waals surface area contributed by atoms with E-state index in [2.05, 4.69) is 43.2 Å². The van der Waals surface area contributed by atoms with Crippen LogP contribution < -0.4 is 5.32 Å². The van der Waals surface area contributed by atoms with Gasteiger partial charge in [-0.05, 0) is 39.3 Å². The van der Waals surface area contributed by atoms with Crippen molar-refractivity contribution in [2.75, 3.05) is 0 Å². The molecule has 0 aliphatic rings. The van der Waals surface area contributed by atoms with Crippen LogP contribution in [0, 0.1) is 13.8 Å². The van der Waals surface area contributed by atoms with Crippen LogP contribution >= 0.6 is 0 Å². The van der Waals surface area contributed by atoms with Gasteiger partial charge in [-0.1, -0.05) is 43.9 Å². The Balaban J connectivity index is 1.95. The first-order chi connectivity index (χ1) is 10.6. The topological polar surface area (TPSA) is 38.1 Å². The number of benzene rings is 1. The van der Waals surface area contributed by atoms with Crippen LogP contribution in [0.1, 0.15) is 56.5 Å². The van der Waals surface area contributed by atoms with Gasteiger partial charge in [0.2, 0.25) is 5.89 Å². The van der Waals surface area contributed by atoms with E-state index in [1.807, 2.05) is 19.1 Å². The van der Waals surface area contributed by atoms with Crippen molar-refractivity contribution >= 4 is 0 Å². The zero-order valence-electron chi connectivity index (χ0n) is 14.3. The van der Waals surface area contributed by atoms with E-state index in [1.165, 1.54) is 31.2 Å². The molecular formula is C19H28N2O. The predicted octanol–water partition coefficient (Wildman–Crippen LogP) is 5.02. The fourth-order valence-electron chi connectivity index (χ4n) is 2.57. The minimum Gasteiger partial charge on any atom is -0.441 e. The van der Waals surface area contributed by atoms with Crippen LogP contribution in [0.5, 0.6) is 0 Å². The summed E-state index contributed by atoms with van der Waals surface area (Å²) in [7, 11) is 0. The van der Waals surface area contributed by atoms with Gasteiger partial charge < -0.3 is 9.73 Å². The molecule has 1 aromatic heterocycles. The Kier molecular flexibility index (Phi) is 6.20. The zero-order chi connectivity index (χ0) is 15.9. The average Bonchev–Trinajstić information content (AvgIpc) is 2.87. The Bertz CT molecular complexity index is 589. The monoisotopic (exact) mass is 300 g/mol. The summed E-state index contributed by atoms with van der Waals surface area (Å²) in [5.74, 6) is 1.63. The lowest BCUT2D eigenvalue weighted by atomic mass is 10.1. The molecule has 0 radical (unpaired) electrons. The Morgan fingerprint density at radius 3 is 2.77 bits per heavy atom. The van der Waals surface area contributed by atoms with Crippen molar-refractivity contribution in [3.63, 3.8) is 0 Å². The fourth-order valence-corrected chi connectivity index (χ4v) is 2.57. The lowest BCUT2D eigenvalue weighted by molar-refractivity contribution is 0.480. The molecule has 0 spiro atoms. The molecule has 3 heteroatoms. The molecule has 0 aliphatic carbocycles. The molecule has 120 valence electrons. The normalized spacial score (nSPS) is 12.5. The van der Waals surface area contributed by atoms with Gasteiger partial charge in [-0.15, -0.1) is 0 Å². The number of unbranched alkanes of at least 4 members (excludes halogenated alkanes) is 2. The summed E-state index contributed by atoms with van der Waals surface area (Å²) in [6, 6.07) is 8.79. The molecule has 0 amide bonds. The second-order valence-electron chi connectivity index (χ2n) is 6.17. The van der Waals surface area contributed by atoms with Crippen molar-refractivity contribution in [3.05, 3.63) is 41.3 Å². The molecule has 0 saturated carbocycles. The van der Waals surface area contributed by atoms with Crippen molar-refractivity contribution in [1.82, 2.24) is 10.3 Å². The molecule has 1 atom stereocenters. The molecule has 3 nitrogen and oxygen atoms in total. The number of hydrogen-bond donors (Lipinski definition) is 1. The van der Waals surface area contributed by atoms with Gasteiger partial charge in [0.25, 0.3) is 0 Å². The Morgan fingerprint density at radius 1 is 1.23 bits per heavy atom. The SMILES string of the molecule is CCCCCC(C)NCc1nc(-c2cccc(C)c2)oc1C. The van der Waals surface area contributed by atoms with Gasteiger partial charge in [-0.25, -0.2) is 4.98 Å². The standard InChI is InChI=1S/C19H28N2O/c1-5-6-7-10-15(3)20-13-18-16(4)22-19(21-18)17-11-8-9-14(2)12-17/h8-9,11-12,15,20H,5-7,10,13H2,1-4H3. The molecule has 2 aromatic rings. The number of oxazole rings is 1. The van der Waals surface area contributed by atoms with Gasteiger partial charge in [0, 0.05) is 18.2 Å². The summed E-state index contributed by atoms with van der Waals surface area (Å²) < 4.78 is 5.84. The van der Waals surface area contributed by atoms with Crippen LogP contribution in [0.3, 0.4) is 0 Å². The van der Waals surface area contributed by atoms with Crippen LogP contribution in [-0.4, -0.2) is 11.0 Å². The number of nitrogens with zero attached hydrogens (tertiary/aromatic N) is 1. The molecule has 22 heavy (non-hydrogen) atoms. The Morgan fingerprint density at radius 2 is 2.05 bits per heavy atom. The van der Waals surface area contributed by atoms with Crippen LogP contribution in [-0.2, 0) is 6.54 Å². The van der Waals surface area contributed by atoms with Crippen molar-refractivity contribution in [3.8, 4) is 11.5 Å². The summed E-state index contributed by atoms with van der Waals surface area (Å²) in [6.45, 7) is 9.33. The number of aromatic nitrogens is 1. The highest BCUT2D eigenvalue weighted by Gasteiger charge is 2.12. The summed E-state index contributed by atoms with van der Waals surface area (Å²) in [6.07, 6.45) is 5.09.